The number of nitrogens with zero attached hydrogens (tertiary/aromatic N) is 1. The molecule has 1 aliphatic rings. The second-order valence-corrected chi connectivity index (χ2v) is 8.75. The van der Waals surface area contributed by atoms with Crippen LogP contribution >= 0.6 is 0 Å². The number of rotatable bonds is 3. The Labute approximate surface area is 116 Å². The molecule has 1 heterocycles. The Balaban J connectivity index is 1.96. The van der Waals surface area contributed by atoms with Gasteiger partial charge in [0.05, 0.1) is 0 Å². The lowest BCUT2D eigenvalue weighted by molar-refractivity contribution is 1.12. The Kier molecular flexibility index (Phi) is 3.34. The van der Waals surface area contributed by atoms with Crippen LogP contribution in [0.3, 0.4) is 0 Å². The summed E-state index contributed by atoms with van der Waals surface area (Å²) in [4.78, 5) is 4.46. The Morgan fingerprint density at radius 1 is 1.05 bits per heavy atom. The molecule has 1 atom stereocenters. The third kappa shape index (κ3) is 2.41. The van der Waals surface area contributed by atoms with Crippen LogP contribution < -0.4 is 0 Å². The maximum absolute atomic E-state index is 4.46. The highest BCUT2D eigenvalue weighted by molar-refractivity contribution is 6.58. The van der Waals surface area contributed by atoms with Crippen LogP contribution in [-0.2, 0) is 6.42 Å². The fraction of sp³-hybridized carbons (Fsp3) is 0.235. The summed E-state index contributed by atoms with van der Waals surface area (Å²) in [6, 6.07) is 15.0. The highest BCUT2D eigenvalue weighted by atomic mass is 28.3. The van der Waals surface area contributed by atoms with E-state index in [0.29, 0.717) is 5.54 Å². The molecular weight excluding hydrogens is 246 g/mol. The molecule has 19 heavy (non-hydrogen) atoms. The van der Waals surface area contributed by atoms with Crippen molar-refractivity contribution in [2.24, 2.45) is 0 Å². The summed E-state index contributed by atoms with van der Waals surface area (Å²) in [6.07, 6.45) is 5.33. The standard InChI is InChI=1S/C17H19NSi/c1-19(2)17-12-13(11-14-7-5-6-10-18-14)15-8-3-4-9-16(15)17/h3-10,12,17,19H,11H2,1-2H3. The minimum atomic E-state index is -0.703. The predicted molar refractivity (Wildman–Crippen MR) is 84.0 cm³/mol. The fourth-order valence-electron chi connectivity index (χ4n) is 2.88. The highest BCUT2D eigenvalue weighted by Gasteiger charge is 2.25. The van der Waals surface area contributed by atoms with E-state index in [2.05, 4.69) is 60.6 Å². The number of pyridine rings is 1. The summed E-state index contributed by atoms with van der Waals surface area (Å²) in [5.41, 5.74) is 6.29. The van der Waals surface area contributed by atoms with Crippen LogP contribution in [0.4, 0.5) is 0 Å². The van der Waals surface area contributed by atoms with Gasteiger partial charge in [-0.05, 0) is 34.4 Å². The third-order valence-corrected chi connectivity index (χ3v) is 5.85. The smallest absolute Gasteiger partial charge is 0.0447 e. The zero-order valence-electron chi connectivity index (χ0n) is 11.5. The summed E-state index contributed by atoms with van der Waals surface area (Å²) in [6.45, 7) is 4.86. The Hall–Kier alpha value is -1.67. The minimum absolute atomic E-state index is 0.690. The van der Waals surface area contributed by atoms with Crippen LogP contribution in [0.15, 0.2) is 54.7 Å². The van der Waals surface area contributed by atoms with Crippen molar-refractivity contribution >= 4 is 14.4 Å². The molecular formula is C17H19NSi. The van der Waals surface area contributed by atoms with Crippen molar-refractivity contribution in [1.82, 2.24) is 4.98 Å². The first kappa shape index (κ1) is 12.4. The highest BCUT2D eigenvalue weighted by Crippen LogP contribution is 2.38. The molecule has 1 aliphatic carbocycles. The molecule has 0 spiro atoms. The summed E-state index contributed by atoms with van der Waals surface area (Å²) < 4.78 is 0. The van der Waals surface area contributed by atoms with Gasteiger partial charge in [-0.15, -0.1) is 0 Å². The van der Waals surface area contributed by atoms with Gasteiger partial charge < -0.3 is 0 Å². The lowest BCUT2D eigenvalue weighted by atomic mass is 10.0. The SMILES string of the molecule is C[SiH](C)C1C=C(Cc2ccccn2)c2ccccc21. The van der Waals surface area contributed by atoms with Crippen LogP contribution in [0.25, 0.3) is 5.57 Å². The van der Waals surface area contributed by atoms with Crippen LogP contribution in [0.5, 0.6) is 0 Å². The van der Waals surface area contributed by atoms with E-state index >= 15 is 0 Å². The van der Waals surface area contributed by atoms with E-state index in [9.17, 15) is 0 Å². The zero-order valence-corrected chi connectivity index (χ0v) is 12.7. The summed E-state index contributed by atoms with van der Waals surface area (Å²) >= 11 is 0. The molecule has 1 aromatic heterocycles. The molecule has 0 saturated carbocycles. The van der Waals surface area contributed by atoms with Crippen LogP contribution in [0.1, 0.15) is 22.4 Å². The van der Waals surface area contributed by atoms with Gasteiger partial charge in [-0.2, -0.15) is 0 Å². The maximum atomic E-state index is 4.46. The normalized spacial score (nSPS) is 17.4. The van der Waals surface area contributed by atoms with E-state index in [1.165, 1.54) is 16.7 Å². The van der Waals surface area contributed by atoms with Gasteiger partial charge in [0, 0.05) is 27.1 Å². The Morgan fingerprint density at radius 2 is 1.84 bits per heavy atom. The number of hydrogen-bond acceptors (Lipinski definition) is 1. The second kappa shape index (κ2) is 5.14. The van der Waals surface area contributed by atoms with Gasteiger partial charge in [-0.1, -0.05) is 49.5 Å². The summed E-state index contributed by atoms with van der Waals surface area (Å²) in [7, 11) is -0.703. The molecule has 0 aliphatic heterocycles. The van der Waals surface area contributed by atoms with Crippen molar-refractivity contribution in [3.8, 4) is 0 Å². The quantitative estimate of drug-likeness (QED) is 0.769. The summed E-state index contributed by atoms with van der Waals surface area (Å²) in [5, 5.41) is 0. The van der Waals surface area contributed by atoms with Crippen molar-refractivity contribution < 1.29 is 0 Å². The van der Waals surface area contributed by atoms with Gasteiger partial charge in [-0.25, -0.2) is 0 Å². The van der Waals surface area contributed by atoms with E-state index in [1.54, 1.807) is 0 Å². The van der Waals surface area contributed by atoms with Crippen molar-refractivity contribution in [2.75, 3.05) is 0 Å². The molecule has 0 bridgehead atoms. The second-order valence-electron chi connectivity index (χ2n) is 5.55. The van der Waals surface area contributed by atoms with E-state index in [0.717, 1.165) is 12.1 Å². The van der Waals surface area contributed by atoms with Gasteiger partial charge >= 0.3 is 0 Å². The minimum Gasteiger partial charge on any atom is -0.261 e. The Morgan fingerprint density at radius 3 is 2.58 bits per heavy atom. The van der Waals surface area contributed by atoms with E-state index in [4.69, 9.17) is 0 Å². The first-order valence-electron chi connectivity index (χ1n) is 6.95. The van der Waals surface area contributed by atoms with Crippen LogP contribution in [0, 0.1) is 0 Å². The van der Waals surface area contributed by atoms with Gasteiger partial charge in [0.25, 0.3) is 0 Å². The largest absolute Gasteiger partial charge is 0.261 e. The molecule has 2 heteroatoms. The van der Waals surface area contributed by atoms with Crippen LogP contribution in [0.2, 0.25) is 13.1 Å². The van der Waals surface area contributed by atoms with Crippen molar-refractivity contribution in [1.29, 1.82) is 0 Å². The molecule has 0 saturated heterocycles. The van der Waals surface area contributed by atoms with Crippen molar-refractivity contribution in [3.05, 3.63) is 71.6 Å². The van der Waals surface area contributed by atoms with E-state index < -0.39 is 8.80 Å². The molecule has 0 amide bonds. The Bertz CT molecular complexity index is 602. The molecule has 0 radical (unpaired) electrons. The number of aromatic nitrogens is 1. The average molecular weight is 265 g/mol. The molecule has 96 valence electrons. The molecule has 3 rings (SSSR count). The monoisotopic (exact) mass is 265 g/mol. The average Bonchev–Trinajstić information content (AvgIpc) is 2.79. The molecule has 1 aromatic carbocycles. The van der Waals surface area contributed by atoms with Gasteiger partial charge in [0.2, 0.25) is 0 Å². The van der Waals surface area contributed by atoms with Gasteiger partial charge in [0.1, 0.15) is 0 Å². The summed E-state index contributed by atoms with van der Waals surface area (Å²) in [5.74, 6) is 0. The topological polar surface area (TPSA) is 12.9 Å². The van der Waals surface area contributed by atoms with E-state index in [-0.39, 0.29) is 0 Å². The third-order valence-electron chi connectivity index (χ3n) is 3.86. The van der Waals surface area contributed by atoms with Crippen LogP contribution in [-0.4, -0.2) is 13.8 Å². The van der Waals surface area contributed by atoms with Gasteiger partial charge in [0.15, 0.2) is 0 Å². The van der Waals surface area contributed by atoms with E-state index in [1.807, 2.05) is 12.3 Å². The first-order chi connectivity index (χ1) is 9.25. The predicted octanol–water partition coefficient (Wildman–Crippen LogP) is 3.83. The number of hydrogen-bond donors (Lipinski definition) is 0. The molecule has 0 N–H and O–H groups in total. The fourth-order valence-corrected chi connectivity index (χ4v) is 4.51. The zero-order chi connectivity index (χ0) is 13.2. The first-order valence-corrected chi connectivity index (χ1v) is 9.93. The van der Waals surface area contributed by atoms with Gasteiger partial charge in [-0.3, -0.25) is 4.98 Å². The lowest BCUT2D eigenvalue weighted by Crippen LogP contribution is -2.11. The molecule has 1 nitrogen and oxygen atoms in total. The molecule has 2 aromatic rings. The van der Waals surface area contributed by atoms with Crippen molar-refractivity contribution in [2.45, 2.75) is 25.1 Å². The van der Waals surface area contributed by atoms with Crippen molar-refractivity contribution in [3.63, 3.8) is 0 Å². The maximum Gasteiger partial charge on any atom is 0.0447 e. The number of benzene rings is 1. The number of fused-ring (bicyclic) bond motifs is 1. The molecule has 1 unspecified atom stereocenters. The molecule has 0 fully saturated rings. The lowest BCUT2D eigenvalue weighted by Gasteiger charge is -2.13. The number of allylic oxidation sites excluding steroid dienone is 2.